The van der Waals surface area contributed by atoms with Crippen molar-refractivity contribution in [1.82, 2.24) is 10.9 Å². The number of sulfonamides is 1. The van der Waals surface area contributed by atoms with E-state index < -0.39 is 21.8 Å². The maximum Gasteiger partial charge on any atom is 0.273 e. The van der Waals surface area contributed by atoms with Crippen LogP contribution in [0.2, 0.25) is 0 Å². The number of carbonyl (C=O) groups excluding carboxylic acids is 2. The summed E-state index contributed by atoms with van der Waals surface area (Å²) in [6, 6.07) is 19.2. The summed E-state index contributed by atoms with van der Waals surface area (Å²) in [4.78, 5) is 25.2. The van der Waals surface area contributed by atoms with E-state index in [-0.39, 0.29) is 26.8 Å². The molecule has 32 heavy (non-hydrogen) atoms. The van der Waals surface area contributed by atoms with Crippen LogP contribution in [0.4, 0.5) is 5.69 Å². The van der Waals surface area contributed by atoms with E-state index in [1.807, 2.05) is 6.07 Å². The highest BCUT2D eigenvalue weighted by molar-refractivity contribution is 7.94. The second-order valence-electron chi connectivity index (χ2n) is 6.71. The van der Waals surface area contributed by atoms with Crippen LogP contribution < -0.4 is 15.6 Å². The van der Waals surface area contributed by atoms with Crippen molar-refractivity contribution in [3.05, 3.63) is 89.3 Å². The minimum Gasteiger partial charge on any atom is -0.507 e. The van der Waals surface area contributed by atoms with Crippen molar-refractivity contribution < 1.29 is 23.1 Å². The molecule has 0 unspecified atom stereocenters. The predicted molar refractivity (Wildman–Crippen MR) is 122 cm³/mol. The first-order valence-corrected chi connectivity index (χ1v) is 11.7. The van der Waals surface area contributed by atoms with E-state index in [2.05, 4.69) is 15.6 Å². The van der Waals surface area contributed by atoms with E-state index in [1.165, 1.54) is 30.3 Å². The molecule has 0 atom stereocenters. The molecule has 1 aromatic heterocycles. The van der Waals surface area contributed by atoms with Crippen molar-refractivity contribution in [2.24, 2.45) is 0 Å². The van der Waals surface area contributed by atoms with Crippen LogP contribution in [0.3, 0.4) is 0 Å². The number of hydrogen-bond donors (Lipinski definition) is 4. The van der Waals surface area contributed by atoms with Crippen LogP contribution in [0.15, 0.2) is 82.4 Å². The molecule has 4 rings (SSSR count). The van der Waals surface area contributed by atoms with Gasteiger partial charge in [0.15, 0.2) is 0 Å². The van der Waals surface area contributed by atoms with Gasteiger partial charge < -0.3 is 5.11 Å². The number of carbonyl (C=O) groups is 2. The number of hydrogen-bond acceptors (Lipinski definition) is 6. The second kappa shape index (κ2) is 8.69. The maximum absolute atomic E-state index is 12.7. The van der Waals surface area contributed by atoms with E-state index in [0.29, 0.717) is 0 Å². The molecule has 1 heterocycles. The smallest absolute Gasteiger partial charge is 0.273 e. The number of para-hydroxylation sites is 1. The van der Waals surface area contributed by atoms with Crippen molar-refractivity contribution >= 4 is 49.6 Å². The minimum atomic E-state index is -3.86. The van der Waals surface area contributed by atoms with Gasteiger partial charge >= 0.3 is 0 Å². The second-order valence-corrected chi connectivity index (χ2v) is 9.56. The van der Waals surface area contributed by atoms with Crippen LogP contribution in [-0.2, 0) is 10.0 Å². The zero-order chi connectivity index (χ0) is 22.7. The van der Waals surface area contributed by atoms with Crippen LogP contribution >= 0.6 is 11.3 Å². The first kappa shape index (κ1) is 21.3. The predicted octanol–water partition coefficient (Wildman–Crippen LogP) is 3.48. The molecule has 0 aliphatic rings. The summed E-state index contributed by atoms with van der Waals surface area (Å²) in [5, 5.41) is 13.3. The van der Waals surface area contributed by atoms with E-state index >= 15 is 0 Å². The Bertz CT molecular complexity index is 1420. The number of aromatic hydroxyl groups is 1. The average Bonchev–Trinajstić information content (AvgIpc) is 3.33. The average molecular weight is 468 g/mol. The lowest BCUT2D eigenvalue weighted by molar-refractivity contribution is 0.0845. The van der Waals surface area contributed by atoms with E-state index in [9.17, 15) is 23.1 Å². The summed E-state index contributed by atoms with van der Waals surface area (Å²) in [7, 11) is -3.86. The Morgan fingerprint density at radius 3 is 2.09 bits per heavy atom. The number of rotatable bonds is 5. The van der Waals surface area contributed by atoms with Gasteiger partial charge in [0, 0.05) is 0 Å². The number of nitrogens with one attached hydrogen (secondary N) is 3. The van der Waals surface area contributed by atoms with Crippen molar-refractivity contribution in [1.29, 1.82) is 0 Å². The topological polar surface area (TPSA) is 125 Å². The largest absolute Gasteiger partial charge is 0.507 e. The maximum atomic E-state index is 12.7. The quantitative estimate of drug-likeness (QED) is 0.335. The van der Waals surface area contributed by atoms with Crippen molar-refractivity contribution in [3.63, 3.8) is 0 Å². The monoisotopic (exact) mass is 467 g/mol. The molecule has 0 fully saturated rings. The van der Waals surface area contributed by atoms with E-state index in [0.717, 1.165) is 22.1 Å². The summed E-state index contributed by atoms with van der Waals surface area (Å²) in [6.45, 7) is 0. The highest BCUT2D eigenvalue weighted by Crippen LogP contribution is 2.25. The van der Waals surface area contributed by atoms with Crippen LogP contribution in [0.25, 0.3) is 10.8 Å². The molecular formula is C22H17N3O5S2. The molecule has 162 valence electrons. The Kier molecular flexibility index (Phi) is 5.80. The molecule has 4 N–H and O–H groups in total. The lowest BCUT2D eigenvalue weighted by Gasteiger charge is -2.13. The fraction of sp³-hybridized carbons (Fsp3) is 0. The third-order valence-corrected chi connectivity index (χ3v) is 7.34. The Morgan fingerprint density at radius 2 is 1.41 bits per heavy atom. The summed E-state index contributed by atoms with van der Waals surface area (Å²) >= 11 is 1.05. The number of hydrazine groups is 1. The molecule has 0 saturated heterocycles. The highest BCUT2D eigenvalue weighted by atomic mass is 32.2. The molecule has 0 radical (unpaired) electrons. The molecule has 8 nitrogen and oxygen atoms in total. The van der Waals surface area contributed by atoms with Crippen LogP contribution in [0.1, 0.15) is 20.7 Å². The number of phenolic OH excluding ortho intramolecular Hbond substituents is 1. The van der Waals surface area contributed by atoms with Gasteiger partial charge in [-0.2, -0.15) is 0 Å². The molecule has 2 amide bonds. The molecule has 10 heteroatoms. The molecule has 0 spiro atoms. The molecule has 0 aliphatic heterocycles. The van der Waals surface area contributed by atoms with Gasteiger partial charge in [0.2, 0.25) is 0 Å². The molecule has 0 saturated carbocycles. The lowest BCUT2D eigenvalue weighted by Crippen LogP contribution is -2.42. The van der Waals surface area contributed by atoms with E-state index in [4.69, 9.17) is 0 Å². The molecule has 3 aromatic carbocycles. The van der Waals surface area contributed by atoms with Gasteiger partial charge in [-0.05, 0) is 46.5 Å². The fourth-order valence-corrected chi connectivity index (χ4v) is 5.11. The van der Waals surface area contributed by atoms with Gasteiger partial charge in [-0.3, -0.25) is 25.2 Å². The number of thiophene rings is 1. The van der Waals surface area contributed by atoms with Crippen molar-refractivity contribution in [2.75, 3.05) is 4.72 Å². The number of amides is 2. The zero-order valence-electron chi connectivity index (χ0n) is 16.4. The summed E-state index contributed by atoms with van der Waals surface area (Å²) in [5.41, 5.74) is 4.55. The number of fused-ring (bicyclic) bond motifs is 1. The standard InChI is InChI=1S/C22H17N3O5S2/c26-19-13-15-7-2-1-6-14(15)12-17(19)22(28)24-23-21(27)16-8-3-4-9-18(16)25-32(29,30)20-10-5-11-31-20/h1-13,25-26H,(H,23,27)(H,24,28). The van der Waals surface area contributed by atoms with Crippen molar-refractivity contribution in [3.8, 4) is 5.75 Å². The summed E-state index contributed by atoms with van der Waals surface area (Å²) in [6.07, 6.45) is 0. The van der Waals surface area contributed by atoms with Gasteiger partial charge in [-0.25, -0.2) is 8.42 Å². The van der Waals surface area contributed by atoms with Gasteiger partial charge in [0.1, 0.15) is 9.96 Å². The zero-order valence-corrected chi connectivity index (χ0v) is 18.0. The van der Waals surface area contributed by atoms with Crippen LogP contribution in [0.5, 0.6) is 5.75 Å². The third kappa shape index (κ3) is 4.41. The Balaban J connectivity index is 1.50. The van der Waals surface area contributed by atoms with E-state index in [1.54, 1.807) is 41.8 Å². The Labute approximate surface area is 187 Å². The van der Waals surface area contributed by atoms with Gasteiger partial charge in [0.25, 0.3) is 21.8 Å². The molecule has 0 aliphatic carbocycles. The van der Waals surface area contributed by atoms with Gasteiger partial charge in [-0.15, -0.1) is 11.3 Å². The minimum absolute atomic E-state index is 0.00987. The first-order chi connectivity index (χ1) is 15.3. The summed E-state index contributed by atoms with van der Waals surface area (Å²) in [5.74, 6) is -1.69. The summed E-state index contributed by atoms with van der Waals surface area (Å²) < 4.78 is 27.5. The normalized spacial score (nSPS) is 11.1. The van der Waals surface area contributed by atoms with Gasteiger partial charge in [0.05, 0.1) is 16.8 Å². The fourth-order valence-electron chi connectivity index (χ4n) is 3.04. The van der Waals surface area contributed by atoms with Gasteiger partial charge in [-0.1, -0.05) is 42.5 Å². The third-order valence-electron chi connectivity index (χ3n) is 4.57. The molecule has 4 aromatic rings. The van der Waals surface area contributed by atoms with Crippen LogP contribution in [-0.4, -0.2) is 25.3 Å². The number of benzene rings is 3. The number of anilines is 1. The molecule has 0 bridgehead atoms. The highest BCUT2D eigenvalue weighted by Gasteiger charge is 2.20. The number of phenols is 1. The molecular weight excluding hydrogens is 450 g/mol. The van der Waals surface area contributed by atoms with Crippen molar-refractivity contribution in [2.45, 2.75) is 4.21 Å². The Morgan fingerprint density at radius 1 is 0.781 bits per heavy atom. The lowest BCUT2D eigenvalue weighted by atomic mass is 10.1. The Hall–Kier alpha value is -3.89. The van der Waals surface area contributed by atoms with Crippen LogP contribution in [0, 0.1) is 0 Å². The first-order valence-electron chi connectivity index (χ1n) is 9.33. The SMILES string of the molecule is O=C(NNC(=O)c1ccccc1NS(=O)(=O)c1cccs1)c1cc2ccccc2cc1O.